The molecular formula is C14H31NO. The van der Waals surface area contributed by atoms with Gasteiger partial charge in [-0.05, 0) is 30.6 Å². The highest BCUT2D eigenvalue weighted by Gasteiger charge is 2.25. The topological polar surface area (TPSA) is 23.5 Å². The number of rotatable bonds is 7. The maximum Gasteiger partial charge on any atom is 0.110 e. The molecule has 0 saturated carbocycles. The summed E-state index contributed by atoms with van der Waals surface area (Å²) in [5, 5.41) is 10.4. The first-order valence-electron chi connectivity index (χ1n) is 6.77. The minimum Gasteiger partial charge on any atom is -0.378 e. The molecule has 0 radical (unpaired) electrons. The summed E-state index contributed by atoms with van der Waals surface area (Å²) in [6.45, 7) is 15.2. The molecule has 0 saturated heterocycles. The fourth-order valence-corrected chi connectivity index (χ4v) is 2.21. The fraction of sp³-hybridized carbons (Fsp3) is 1.00. The summed E-state index contributed by atoms with van der Waals surface area (Å²) in [6, 6.07) is 0. The van der Waals surface area contributed by atoms with Gasteiger partial charge in [0.05, 0.1) is 0 Å². The summed E-state index contributed by atoms with van der Waals surface area (Å²) in [5.41, 5.74) is 0.252. The molecule has 0 spiro atoms. The van der Waals surface area contributed by atoms with Crippen LogP contribution in [0.25, 0.3) is 0 Å². The van der Waals surface area contributed by atoms with Gasteiger partial charge in [-0.15, -0.1) is 0 Å². The predicted octanol–water partition coefficient (Wildman–Crippen LogP) is 3.50. The van der Waals surface area contributed by atoms with Gasteiger partial charge in [-0.25, -0.2) is 0 Å². The van der Waals surface area contributed by atoms with Crippen molar-refractivity contribution in [2.45, 2.75) is 67.0 Å². The molecule has 16 heavy (non-hydrogen) atoms. The van der Waals surface area contributed by atoms with Crippen molar-refractivity contribution < 1.29 is 5.11 Å². The number of hydrogen-bond donors (Lipinski definition) is 1. The lowest BCUT2D eigenvalue weighted by Gasteiger charge is -2.36. The maximum absolute atomic E-state index is 10.4. The third-order valence-electron chi connectivity index (χ3n) is 3.03. The first-order chi connectivity index (χ1) is 7.35. The highest BCUT2D eigenvalue weighted by Crippen LogP contribution is 2.22. The Morgan fingerprint density at radius 2 is 1.56 bits per heavy atom. The second kappa shape index (κ2) is 7.29. The summed E-state index contributed by atoms with van der Waals surface area (Å²) in [6.07, 6.45) is 2.95. The standard InChI is InChI=1S/C14H31NO/c1-7-10-15(11-14(4,5)6)13(16)12(8-2)9-3/h12-13,16H,7-11H2,1-6H3. The first kappa shape index (κ1) is 15.9. The van der Waals surface area contributed by atoms with Crippen LogP contribution in [-0.4, -0.2) is 29.3 Å². The van der Waals surface area contributed by atoms with Crippen LogP contribution in [0.2, 0.25) is 0 Å². The van der Waals surface area contributed by atoms with Gasteiger partial charge in [-0.1, -0.05) is 41.5 Å². The van der Waals surface area contributed by atoms with E-state index in [1.807, 2.05) is 0 Å². The summed E-state index contributed by atoms with van der Waals surface area (Å²) in [4.78, 5) is 2.25. The van der Waals surface area contributed by atoms with Crippen LogP contribution >= 0.6 is 0 Å². The van der Waals surface area contributed by atoms with Crippen molar-refractivity contribution in [1.29, 1.82) is 0 Å². The Labute approximate surface area is 102 Å². The summed E-state index contributed by atoms with van der Waals surface area (Å²) in [7, 11) is 0. The van der Waals surface area contributed by atoms with Crippen LogP contribution in [0.5, 0.6) is 0 Å². The Hall–Kier alpha value is -0.0800. The van der Waals surface area contributed by atoms with Gasteiger partial charge in [0.25, 0.3) is 0 Å². The second-order valence-electron chi connectivity index (χ2n) is 6.02. The predicted molar refractivity (Wildman–Crippen MR) is 71.4 cm³/mol. The van der Waals surface area contributed by atoms with E-state index in [2.05, 4.69) is 46.4 Å². The summed E-state index contributed by atoms with van der Waals surface area (Å²) >= 11 is 0. The Morgan fingerprint density at radius 3 is 1.88 bits per heavy atom. The SMILES string of the molecule is CCCN(CC(C)(C)C)C(O)C(CC)CC. The quantitative estimate of drug-likeness (QED) is 0.675. The van der Waals surface area contributed by atoms with E-state index in [0.29, 0.717) is 5.92 Å². The zero-order valence-corrected chi connectivity index (χ0v) is 12.1. The van der Waals surface area contributed by atoms with E-state index < -0.39 is 0 Å². The first-order valence-corrected chi connectivity index (χ1v) is 6.77. The van der Waals surface area contributed by atoms with Crippen molar-refractivity contribution in [3.63, 3.8) is 0 Å². The fourth-order valence-electron chi connectivity index (χ4n) is 2.21. The monoisotopic (exact) mass is 229 g/mol. The van der Waals surface area contributed by atoms with Crippen molar-refractivity contribution in [2.75, 3.05) is 13.1 Å². The molecule has 98 valence electrons. The maximum atomic E-state index is 10.4. The van der Waals surface area contributed by atoms with Crippen LogP contribution in [-0.2, 0) is 0 Å². The molecule has 2 heteroatoms. The molecule has 0 amide bonds. The number of nitrogens with zero attached hydrogens (tertiary/aromatic N) is 1. The van der Waals surface area contributed by atoms with Crippen molar-refractivity contribution in [3.05, 3.63) is 0 Å². The Bertz CT molecular complexity index is 170. The van der Waals surface area contributed by atoms with Gasteiger partial charge in [-0.2, -0.15) is 0 Å². The third kappa shape index (κ3) is 5.86. The summed E-state index contributed by atoms with van der Waals surface area (Å²) < 4.78 is 0. The number of aliphatic hydroxyl groups excluding tert-OH is 1. The molecule has 1 unspecified atom stereocenters. The van der Waals surface area contributed by atoms with Crippen molar-refractivity contribution in [1.82, 2.24) is 4.90 Å². The molecular weight excluding hydrogens is 198 g/mol. The van der Waals surface area contributed by atoms with Gasteiger partial charge in [0.2, 0.25) is 0 Å². The lowest BCUT2D eigenvalue weighted by atomic mass is 9.93. The van der Waals surface area contributed by atoms with Crippen LogP contribution in [0.4, 0.5) is 0 Å². The van der Waals surface area contributed by atoms with E-state index >= 15 is 0 Å². The van der Waals surface area contributed by atoms with Gasteiger partial charge in [0, 0.05) is 13.1 Å². The normalized spacial score (nSPS) is 14.8. The molecule has 0 aromatic heterocycles. The van der Waals surface area contributed by atoms with Gasteiger partial charge in [-0.3, -0.25) is 4.90 Å². The van der Waals surface area contributed by atoms with Crippen LogP contribution in [0.15, 0.2) is 0 Å². The molecule has 0 aromatic carbocycles. The van der Waals surface area contributed by atoms with Gasteiger partial charge in [0.15, 0.2) is 0 Å². The molecule has 0 heterocycles. The minimum absolute atomic E-state index is 0.252. The van der Waals surface area contributed by atoms with E-state index in [0.717, 1.165) is 32.4 Å². The Balaban J connectivity index is 4.50. The second-order valence-corrected chi connectivity index (χ2v) is 6.02. The average molecular weight is 229 g/mol. The molecule has 0 aliphatic heterocycles. The molecule has 1 N–H and O–H groups in total. The molecule has 2 nitrogen and oxygen atoms in total. The van der Waals surface area contributed by atoms with Crippen LogP contribution < -0.4 is 0 Å². The zero-order chi connectivity index (χ0) is 12.8. The molecule has 1 atom stereocenters. The van der Waals surface area contributed by atoms with Crippen LogP contribution in [0.3, 0.4) is 0 Å². The molecule has 0 rings (SSSR count). The van der Waals surface area contributed by atoms with E-state index in [4.69, 9.17) is 0 Å². The zero-order valence-electron chi connectivity index (χ0n) is 12.1. The lowest BCUT2D eigenvalue weighted by molar-refractivity contribution is -0.0565. The smallest absolute Gasteiger partial charge is 0.110 e. The van der Waals surface area contributed by atoms with Crippen molar-refractivity contribution in [2.24, 2.45) is 11.3 Å². The highest BCUT2D eigenvalue weighted by atomic mass is 16.3. The van der Waals surface area contributed by atoms with Crippen LogP contribution in [0, 0.1) is 11.3 Å². The molecule has 0 aliphatic rings. The molecule has 0 aromatic rings. The Morgan fingerprint density at radius 1 is 1.06 bits per heavy atom. The van der Waals surface area contributed by atoms with Gasteiger partial charge >= 0.3 is 0 Å². The lowest BCUT2D eigenvalue weighted by Crippen LogP contribution is -2.44. The van der Waals surface area contributed by atoms with E-state index in [-0.39, 0.29) is 11.6 Å². The average Bonchev–Trinajstić information content (AvgIpc) is 2.17. The largest absolute Gasteiger partial charge is 0.378 e. The molecule has 0 fully saturated rings. The van der Waals surface area contributed by atoms with Crippen molar-refractivity contribution in [3.8, 4) is 0 Å². The van der Waals surface area contributed by atoms with Gasteiger partial charge in [0.1, 0.15) is 6.23 Å². The molecule has 0 aliphatic carbocycles. The minimum atomic E-state index is -0.269. The van der Waals surface area contributed by atoms with E-state index in [1.165, 1.54) is 0 Å². The number of aliphatic hydroxyl groups is 1. The van der Waals surface area contributed by atoms with Crippen LogP contribution in [0.1, 0.15) is 60.8 Å². The van der Waals surface area contributed by atoms with E-state index in [1.54, 1.807) is 0 Å². The van der Waals surface area contributed by atoms with Crippen molar-refractivity contribution >= 4 is 0 Å². The Kier molecular flexibility index (Phi) is 7.25. The third-order valence-corrected chi connectivity index (χ3v) is 3.03. The van der Waals surface area contributed by atoms with Gasteiger partial charge < -0.3 is 5.11 Å². The highest BCUT2D eigenvalue weighted by molar-refractivity contribution is 4.74. The summed E-state index contributed by atoms with van der Waals surface area (Å²) in [5.74, 6) is 0.411. The number of hydrogen-bond acceptors (Lipinski definition) is 2. The van der Waals surface area contributed by atoms with E-state index in [9.17, 15) is 5.11 Å². The molecule has 0 bridgehead atoms.